The number of benzene rings is 2. The number of imide groups is 1. The van der Waals surface area contributed by atoms with Gasteiger partial charge < -0.3 is 4.84 Å². The molecule has 2 aromatic carbocycles. The molecule has 2 saturated carbocycles. The van der Waals surface area contributed by atoms with Crippen molar-refractivity contribution in [3.8, 4) is 0 Å². The monoisotopic (exact) mass is 403 g/mol. The molecule has 0 radical (unpaired) electrons. The Hall–Kier alpha value is -3.55. The molecular formula is C22H17N3O5. The van der Waals surface area contributed by atoms with E-state index in [1.807, 2.05) is 18.2 Å². The Morgan fingerprint density at radius 2 is 1.70 bits per heavy atom. The highest BCUT2D eigenvalue weighted by molar-refractivity contribution is 6.23. The molecule has 30 heavy (non-hydrogen) atoms. The number of nitro groups is 1. The predicted octanol–water partition coefficient (Wildman–Crippen LogP) is 2.77. The Balaban J connectivity index is 1.35. The van der Waals surface area contributed by atoms with Crippen LogP contribution in [0.25, 0.3) is 0 Å². The molecule has 2 aliphatic carbocycles. The summed E-state index contributed by atoms with van der Waals surface area (Å²) in [6.45, 7) is 0. The van der Waals surface area contributed by atoms with Crippen LogP contribution in [-0.4, -0.2) is 28.6 Å². The highest BCUT2D eigenvalue weighted by Crippen LogP contribution is 2.62. The Kier molecular flexibility index (Phi) is 3.45. The zero-order valence-electron chi connectivity index (χ0n) is 15.8. The predicted molar refractivity (Wildman–Crippen MR) is 106 cm³/mol. The van der Waals surface area contributed by atoms with Crippen molar-refractivity contribution in [3.05, 3.63) is 70.3 Å². The van der Waals surface area contributed by atoms with Crippen molar-refractivity contribution in [3.63, 3.8) is 0 Å². The van der Waals surface area contributed by atoms with Crippen molar-refractivity contribution < 1.29 is 19.3 Å². The Morgan fingerprint density at radius 1 is 0.967 bits per heavy atom. The molecule has 0 spiro atoms. The van der Waals surface area contributed by atoms with Gasteiger partial charge in [-0.25, -0.2) is 0 Å². The molecule has 2 heterocycles. The van der Waals surface area contributed by atoms with Crippen molar-refractivity contribution in [1.82, 2.24) is 0 Å². The number of hydrogen-bond acceptors (Lipinski definition) is 6. The number of non-ortho nitro benzene ring substituents is 1. The average Bonchev–Trinajstić information content (AvgIpc) is 3.49. The van der Waals surface area contributed by atoms with Gasteiger partial charge in [0.1, 0.15) is 6.10 Å². The lowest BCUT2D eigenvalue weighted by molar-refractivity contribution is -0.384. The van der Waals surface area contributed by atoms with Crippen LogP contribution in [0.4, 0.5) is 11.4 Å². The molecule has 8 nitrogen and oxygen atoms in total. The lowest BCUT2D eigenvalue weighted by atomic mass is 9.71. The summed E-state index contributed by atoms with van der Waals surface area (Å²) in [5.74, 6) is -1.36. The molecule has 2 aromatic rings. The molecule has 0 aromatic heterocycles. The molecule has 6 rings (SSSR count). The molecule has 2 amide bonds. The van der Waals surface area contributed by atoms with Crippen LogP contribution in [0.2, 0.25) is 0 Å². The molecule has 4 aliphatic rings. The van der Waals surface area contributed by atoms with Crippen LogP contribution in [0.15, 0.2) is 59.8 Å². The third-order valence-electron chi connectivity index (χ3n) is 7.06. The number of oxime groups is 1. The zero-order valence-corrected chi connectivity index (χ0v) is 15.8. The van der Waals surface area contributed by atoms with Crippen LogP contribution in [0.5, 0.6) is 0 Å². The fourth-order valence-corrected chi connectivity index (χ4v) is 5.97. The van der Waals surface area contributed by atoms with Crippen molar-refractivity contribution in [2.24, 2.45) is 34.7 Å². The van der Waals surface area contributed by atoms with Gasteiger partial charge in [0, 0.05) is 29.5 Å². The van der Waals surface area contributed by atoms with Gasteiger partial charge in [-0.1, -0.05) is 35.5 Å². The summed E-state index contributed by atoms with van der Waals surface area (Å²) in [4.78, 5) is 44.3. The largest absolute Gasteiger partial charge is 0.391 e. The Morgan fingerprint density at radius 3 is 2.43 bits per heavy atom. The van der Waals surface area contributed by atoms with Crippen LogP contribution in [0.3, 0.4) is 0 Å². The van der Waals surface area contributed by atoms with Crippen LogP contribution < -0.4 is 4.90 Å². The molecule has 6 atom stereocenters. The van der Waals surface area contributed by atoms with E-state index >= 15 is 0 Å². The van der Waals surface area contributed by atoms with Crippen LogP contribution >= 0.6 is 0 Å². The number of anilines is 1. The number of carbonyl (C=O) groups is 2. The summed E-state index contributed by atoms with van der Waals surface area (Å²) in [5.41, 5.74) is 1.87. The van der Waals surface area contributed by atoms with Gasteiger partial charge in [0.15, 0.2) is 0 Å². The van der Waals surface area contributed by atoms with Gasteiger partial charge in [-0.05, 0) is 24.5 Å². The van der Waals surface area contributed by atoms with E-state index in [0.29, 0.717) is 17.0 Å². The zero-order chi connectivity index (χ0) is 20.6. The third-order valence-corrected chi connectivity index (χ3v) is 7.06. The summed E-state index contributed by atoms with van der Waals surface area (Å²) in [6.07, 6.45) is 0.469. The number of para-hydroxylation sites is 1. The standard InChI is InChI=1S/C22H17N3O5/c26-21-16-14-10-15(17(16)22(27)24(21)12-6-2-1-3-7-12)20-18(14)19(23-30-20)11-5-4-8-13(9-11)25(28)29/h1-9,14-18,20H,10H2/t14-,15-,16-,17-,18-,20+/m0/s1. The number of hydrogen-bond donors (Lipinski definition) is 0. The molecule has 2 bridgehead atoms. The lowest BCUT2D eigenvalue weighted by Crippen LogP contribution is -2.41. The quantitative estimate of drug-likeness (QED) is 0.445. The van der Waals surface area contributed by atoms with Crippen molar-refractivity contribution in [2.75, 3.05) is 4.90 Å². The number of nitrogens with zero attached hydrogens (tertiary/aromatic N) is 3. The maximum Gasteiger partial charge on any atom is 0.270 e. The Bertz CT molecular complexity index is 1130. The highest BCUT2D eigenvalue weighted by atomic mass is 16.6. The molecule has 150 valence electrons. The van der Waals surface area contributed by atoms with E-state index in [2.05, 4.69) is 5.16 Å². The molecule has 2 aliphatic heterocycles. The van der Waals surface area contributed by atoms with Gasteiger partial charge in [0.25, 0.3) is 5.69 Å². The van der Waals surface area contributed by atoms with Crippen LogP contribution in [0, 0.1) is 39.7 Å². The summed E-state index contributed by atoms with van der Waals surface area (Å²) in [5, 5.41) is 15.4. The molecule has 0 N–H and O–H groups in total. The summed E-state index contributed by atoms with van der Waals surface area (Å²) >= 11 is 0. The number of fused-ring (bicyclic) bond motifs is 8. The fourth-order valence-electron chi connectivity index (χ4n) is 5.97. The third kappa shape index (κ3) is 2.13. The summed E-state index contributed by atoms with van der Waals surface area (Å²) in [6, 6.07) is 15.3. The molecular weight excluding hydrogens is 386 g/mol. The minimum absolute atomic E-state index is 0.0120. The van der Waals surface area contributed by atoms with Crippen LogP contribution in [-0.2, 0) is 14.4 Å². The SMILES string of the molecule is O=C1[C@H]2[C@@H]3C[C@H]([C@H]4C(c5cccc([N+](=O)[O-])c5)=NO[C@H]34)[C@@H]2C(=O)N1c1ccccc1. The van der Waals surface area contributed by atoms with E-state index < -0.39 is 10.8 Å². The topological polar surface area (TPSA) is 102 Å². The van der Waals surface area contributed by atoms with Crippen LogP contribution in [0.1, 0.15) is 12.0 Å². The first-order valence-corrected chi connectivity index (χ1v) is 9.97. The lowest BCUT2D eigenvalue weighted by Gasteiger charge is -2.29. The summed E-state index contributed by atoms with van der Waals surface area (Å²) in [7, 11) is 0. The molecule has 8 heteroatoms. The first kappa shape index (κ1) is 17.3. The molecule has 0 unspecified atom stereocenters. The second kappa shape index (κ2) is 5.98. The fraction of sp³-hybridized carbons (Fsp3) is 0.318. The van der Waals surface area contributed by atoms with Gasteiger partial charge in [-0.3, -0.25) is 24.6 Å². The van der Waals surface area contributed by atoms with Crippen molar-refractivity contribution in [1.29, 1.82) is 0 Å². The number of rotatable bonds is 3. The highest BCUT2D eigenvalue weighted by Gasteiger charge is 2.70. The second-order valence-electron chi connectivity index (χ2n) is 8.34. The van der Waals surface area contributed by atoms with Gasteiger partial charge in [0.2, 0.25) is 11.8 Å². The Labute approximate surface area is 171 Å². The average molecular weight is 403 g/mol. The van der Waals surface area contributed by atoms with Crippen molar-refractivity contribution >= 4 is 28.9 Å². The van der Waals surface area contributed by atoms with E-state index in [0.717, 1.165) is 6.42 Å². The first-order chi connectivity index (χ1) is 14.6. The minimum atomic E-state index is -0.439. The van der Waals surface area contributed by atoms with Gasteiger partial charge in [-0.15, -0.1) is 0 Å². The smallest absolute Gasteiger partial charge is 0.270 e. The maximum atomic E-state index is 13.3. The van der Waals surface area contributed by atoms with E-state index in [1.54, 1.807) is 24.3 Å². The van der Waals surface area contributed by atoms with Gasteiger partial charge in [0.05, 0.1) is 28.2 Å². The normalized spacial score (nSPS) is 33.3. The maximum absolute atomic E-state index is 13.3. The van der Waals surface area contributed by atoms with Crippen molar-refractivity contribution in [2.45, 2.75) is 12.5 Å². The van der Waals surface area contributed by atoms with E-state index in [1.165, 1.54) is 17.0 Å². The van der Waals surface area contributed by atoms with E-state index in [4.69, 9.17) is 4.84 Å². The van der Waals surface area contributed by atoms with Gasteiger partial charge >= 0.3 is 0 Å². The molecule has 3 fully saturated rings. The number of carbonyl (C=O) groups excluding carboxylic acids is 2. The first-order valence-electron chi connectivity index (χ1n) is 9.97. The van der Waals surface area contributed by atoms with Gasteiger partial charge in [-0.2, -0.15) is 0 Å². The summed E-state index contributed by atoms with van der Waals surface area (Å²) < 4.78 is 0. The number of nitro benzene ring substituents is 1. The molecule has 1 saturated heterocycles. The second-order valence-corrected chi connectivity index (χ2v) is 8.34. The minimum Gasteiger partial charge on any atom is -0.391 e. The number of amides is 2. The van der Waals surface area contributed by atoms with E-state index in [9.17, 15) is 19.7 Å². The van der Waals surface area contributed by atoms with E-state index in [-0.39, 0.29) is 47.3 Å².